The molecule has 0 bridgehead atoms. The Morgan fingerprint density at radius 1 is 1.30 bits per heavy atom. The van der Waals surface area contributed by atoms with E-state index in [-0.39, 0.29) is 29.5 Å². The van der Waals surface area contributed by atoms with E-state index < -0.39 is 11.9 Å². The fourth-order valence-electron chi connectivity index (χ4n) is 0. The van der Waals surface area contributed by atoms with Gasteiger partial charge in [0.05, 0.1) is 0 Å². The van der Waals surface area contributed by atoms with Crippen LogP contribution in [0.15, 0.2) is 0 Å². The van der Waals surface area contributed by atoms with Crippen LogP contribution in [-0.2, 0) is 9.59 Å². The van der Waals surface area contributed by atoms with E-state index in [2.05, 4.69) is 0 Å². The minimum atomic E-state index is -1.08. The number of rotatable bonds is 1. The van der Waals surface area contributed by atoms with Gasteiger partial charge in [0.2, 0.25) is 0 Å². The zero-order valence-corrected chi connectivity index (χ0v) is 7.46. The Kier molecular flexibility index (Phi) is 18.8. The minimum Gasteiger partial charge on any atom is -0.550 e. The Morgan fingerprint density at radius 3 is 1.40 bits per heavy atom. The van der Waals surface area contributed by atoms with E-state index in [1.807, 2.05) is 0 Å². The number of carboxylic acid groups (broad SMARTS) is 2. The Balaban J connectivity index is -0.0000000910. The van der Waals surface area contributed by atoms with Crippen molar-refractivity contribution in [1.82, 2.24) is 0 Å². The monoisotopic (exact) mass is 156 g/mol. The van der Waals surface area contributed by atoms with Crippen LogP contribution in [0.2, 0.25) is 0 Å². The van der Waals surface area contributed by atoms with Gasteiger partial charge in [-0.05, 0) is 13.3 Å². The Morgan fingerprint density at radius 2 is 1.40 bits per heavy atom. The van der Waals surface area contributed by atoms with Crippen molar-refractivity contribution in [2.24, 2.45) is 0 Å². The quantitative estimate of drug-likeness (QED) is 0.394. The van der Waals surface area contributed by atoms with Crippen LogP contribution in [0.4, 0.5) is 0 Å². The molecule has 10 heavy (non-hydrogen) atoms. The van der Waals surface area contributed by atoms with Crippen molar-refractivity contribution in [1.29, 1.82) is 0 Å². The van der Waals surface area contributed by atoms with Gasteiger partial charge in [0, 0.05) is 11.9 Å². The molecule has 0 spiro atoms. The molecule has 0 fully saturated rings. The van der Waals surface area contributed by atoms with Gasteiger partial charge in [-0.1, -0.05) is 6.92 Å². The van der Waals surface area contributed by atoms with Crippen LogP contribution in [0.1, 0.15) is 20.3 Å². The predicted octanol–water partition coefficient (Wildman–Crippen LogP) is -2.48. The second-order valence-corrected chi connectivity index (χ2v) is 1.22. The molecule has 0 saturated carbocycles. The first-order chi connectivity index (χ1) is 4.00. The van der Waals surface area contributed by atoms with Crippen molar-refractivity contribution in [3.8, 4) is 0 Å². The third-order valence-corrected chi connectivity index (χ3v) is 0.289. The first kappa shape index (κ1) is 16.4. The molecular formula is C5H8MgO4. The van der Waals surface area contributed by atoms with Gasteiger partial charge >= 0.3 is 23.1 Å². The van der Waals surface area contributed by atoms with Crippen LogP contribution in [0.3, 0.4) is 0 Å². The van der Waals surface area contributed by atoms with Gasteiger partial charge < -0.3 is 19.8 Å². The maximum atomic E-state index is 9.26. The van der Waals surface area contributed by atoms with Crippen molar-refractivity contribution in [3.63, 3.8) is 0 Å². The molecule has 0 atom stereocenters. The van der Waals surface area contributed by atoms with E-state index in [0.717, 1.165) is 6.92 Å². The van der Waals surface area contributed by atoms with E-state index in [0.29, 0.717) is 0 Å². The van der Waals surface area contributed by atoms with Crippen molar-refractivity contribution >= 4 is 35.0 Å². The molecule has 0 radical (unpaired) electrons. The summed E-state index contributed by atoms with van der Waals surface area (Å²) < 4.78 is 0. The Hall–Kier alpha value is -0.294. The van der Waals surface area contributed by atoms with Gasteiger partial charge in [-0.15, -0.1) is 0 Å². The molecule has 54 valence electrons. The van der Waals surface area contributed by atoms with Crippen LogP contribution in [0.5, 0.6) is 0 Å². The minimum absolute atomic E-state index is 0. The van der Waals surface area contributed by atoms with Gasteiger partial charge in [0.1, 0.15) is 0 Å². The second kappa shape index (κ2) is 11.5. The van der Waals surface area contributed by atoms with Crippen molar-refractivity contribution in [3.05, 3.63) is 0 Å². The molecule has 0 heterocycles. The first-order valence-corrected chi connectivity index (χ1v) is 2.38. The number of aliphatic carboxylic acids is 2. The molecule has 0 N–H and O–H groups in total. The fourth-order valence-corrected chi connectivity index (χ4v) is 0. The smallest absolute Gasteiger partial charge is 0.550 e. The second-order valence-electron chi connectivity index (χ2n) is 1.22. The van der Waals surface area contributed by atoms with E-state index in [1.165, 1.54) is 6.92 Å². The SMILES string of the molecule is CC(=O)[O-].CCC(=O)[O-].[Mg+2]. The summed E-state index contributed by atoms with van der Waals surface area (Å²) >= 11 is 0. The molecule has 4 nitrogen and oxygen atoms in total. The van der Waals surface area contributed by atoms with Gasteiger partial charge in [-0.25, -0.2) is 0 Å². The largest absolute Gasteiger partial charge is 2.00 e. The summed E-state index contributed by atoms with van der Waals surface area (Å²) in [5, 5.41) is 18.1. The summed E-state index contributed by atoms with van der Waals surface area (Å²) in [5.74, 6) is -2.08. The molecule has 0 unspecified atom stereocenters. The standard InChI is InChI=1S/C3H6O2.C2H4O2.Mg/c1-2-3(4)5;1-2(3)4;/h2H2,1H3,(H,4,5);1H3,(H,3,4);/q;;+2/p-2. The van der Waals surface area contributed by atoms with Crippen LogP contribution >= 0.6 is 0 Å². The molecular weight excluding hydrogens is 148 g/mol. The first-order valence-electron chi connectivity index (χ1n) is 2.38. The molecule has 0 aliphatic carbocycles. The summed E-state index contributed by atoms with van der Waals surface area (Å²) in [7, 11) is 0. The number of carbonyl (C=O) groups excluding carboxylic acids is 2. The molecule has 0 rings (SSSR count). The molecule has 0 aromatic carbocycles. The van der Waals surface area contributed by atoms with Gasteiger partial charge in [0.15, 0.2) is 0 Å². The van der Waals surface area contributed by atoms with Gasteiger partial charge in [-0.2, -0.15) is 0 Å². The normalized spacial score (nSPS) is 6.20. The molecule has 0 amide bonds. The van der Waals surface area contributed by atoms with Gasteiger partial charge in [0.25, 0.3) is 0 Å². The third kappa shape index (κ3) is 119. The van der Waals surface area contributed by atoms with Crippen LogP contribution in [0, 0.1) is 0 Å². The molecule has 0 aromatic heterocycles. The number of hydrogen-bond donors (Lipinski definition) is 0. The molecule has 0 aliphatic rings. The van der Waals surface area contributed by atoms with E-state index in [4.69, 9.17) is 9.90 Å². The van der Waals surface area contributed by atoms with E-state index in [1.54, 1.807) is 0 Å². The van der Waals surface area contributed by atoms with Gasteiger partial charge in [-0.3, -0.25) is 0 Å². The van der Waals surface area contributed by atoms with Crippen molar-refractivity contribution < 1.29 is 19.8 Å². The zero-order chi connectivity index (χ0) is 7.86. The summed E-state index contributed by atoms with van der Waals surface area (Å²) in [6, 6.07) is 0. The average molecular weight is 156 g/mol. The third-order valence-electron chi connectivity index (χ3n) is 0.289. The number of carboxylic acids is 2. The van der Waals surface area contributed by atoms with Crippen LogP contribution in [0.25, 0.3) is 0 Å². The predicted molar refractivity (Wildman–Crippen MR) is 31.7 cm³/mol. The van der Waals surface area contributed by atoms with E-state index >= 15 is 0 Å². The number of carbonyl (C=O) groups is 2. The zero-order valence-electron chi connectivity index (χ0n) is 6.05. The molecule has 5 heteroatoms. The topological polar surface area (TPSA) is 80.3 Å². The maximum Gasteiger partial charge on any atom is 2.00 e. The summed E-state index contributed by atoms with van der Waals surface area (Å²) in [6.07, 6.45) is 0.111. The maximum absolute atomic E-state index is 9.26. The fraction of sp³-hybridized carbons (Fsp3) is 0.600. The van der Waals surface area contributed by atoms with Crippen molar-refractivity contribution in [2.45, 2.75) is 20.3 Å². The van der Waals surface area contributed by atoms with Crippen molar-refractivity contribution in [2.75, 3.05) is 0 Å². The molecule has 0 saturated heterocycles. The summed E-state index contributed by atoms with van der Waals surface area (Å²) in [5.41, 5.74) is 0. The van der Waals surface area contributed by atoms with Crippen LogP contribution in [-0.4, -0.2) is 35.0 Å². The Bertz CT molecular complexity index is 97.8. The Labute approximate surface area is 75.4 Å². The molecule has 0 aromatic rings. The average Bonchev–Trinajstić information content (AvgIpc) is 1.65. The molecule has 0 aliphatic heterocycles. The van der Waals surface area contributed by atoms with E-state index in [9.17, 15) is 9.90 Å². The summed E-state index contributed by atoms with van der Waals surface area (Å²) in [6.45, 7) is 2.51. The van der Waals surface area contributed by atoms with Crippen LogP contribution < -0.4 is 10.2 Å². The summed E-state index contributed by atoms with van der Waals surface area (Å²) in [4.78, 5) is 18.1. The number of hydrogen-bond acceptors (Lipinski definition) is 4.